The van der Waals surface area contributed by atoms with Gasteiger partial charge in [0.05, 0.1) is 17.6 Å². The minimum Gasteiger partial charge on any atom is -0.481 e. The third kappa shape index (κ3) is 3.56. The van der Waals surface area contributed by atoms with Gasteiger partial charge in [-0.15, -0.1) is 0 Å². The van der Waals surface area contributed by atoms with Gasteiger partial charge in [0, 0.05) is 13.1 Å². The van der Waals surface area contributed by atoms with Gasteiger partial charge in [-0.1, -0.05) is 12.1 Å². The van der Waals surface area contributed by atoms with Crippen molar-refractivity contribution in [2.75, 3.05) is 13.1 Å². The summed E-state index contributed by atoms with van der Waals surface area (Å²) in [6.45, 7) is -0.0391. The summed E-state index contributed by atoms with van der Waals surface area (Å²) in [5, 5.41) is 18.6. The molecule has 0 aromatic heterocycles. The number of benzene rings is 1. The number of hydrogen-bond acceptors (Lipinski definition) is 3. The number of nitrogens with zero attached hydrogens (tertiary/aromatic N) is 1. The van der Waals surface area contributed by atoms with Gasteiger partial charge in [-0.05, 0) is 24.6 Å². The molecule has 8 heteroatoms. The van der Waals surface area contributed by atoms with E-state index in [0.29, 0.717) is 0 Å². The zero-order valence-electron chi connectivity index (χ0n) is 11.5. The molecule has 1 aliphatic rings. The van der Waals surface area contributed by atoms with Gasteiger partial charge in [0.2, 0.25) is 0 Å². The number of carboxylic acids is 1. The second-order valence-corrected chi connectivity index (χ2v) is 5.31. The average molecular weight is 321 g/mol. The van der Waals surface area contributed by atoms with Crippen LogP contribution >= 0.6 is 0 Å². The van der Waals surface area contributed by atoms with Crippen molar-refractivity contribution >= 4 is 5.97 Å². The summed E-state index contributed by atoms with van der Waals surface area (Å²) in [6, 6.07) is 3.12. The molecule has 0 spiro atoms. The van der Waals surface area contributed by atoms with Gasteiger partial charge >= 0.3 is 12.1 Å². The fourth-order valence-electron chi connectivity index (χ4n) is 2.69. The maximum absolute atomic E-state index is 13.5. The van der Waals surface area contributed by atoms with E-state index in [9.17, 15) is 27.5 Å². The topological polar surface area (TPSA) is 60.8 Å². The van der Waals surface area contributed by atoms with Gasteiger partial charge in [-0.3, -0.25) is 9.69 Å². The Morgan fingerprint density at radius 2 is 2.05 bits per heavy atom. The number of hydrogen-bond donors (Lipinski definition) is 2. The van der Waals surface area contributed by atoms with Crippen molar-refractivity contribution in [3.8, 4) is 0 Å². The van der Waals surface area contributed by atoms with Gasteiger partial charge in [-0.2, -0.15) is 13.2 Å². The zero-order chi connectivity index (χ0) is 16.5. The van der Waals surface area contributed by atoms with Crippen molar-refractivity contribution in [2.45, 2.75) is 25.2 Å². The molecule has 122 valence electrons. The van der Waals surface area contributed by atoms with Crippen molar-refractivity contribution in [3.05, 3.63) is 35.1 Å². The standard InChI is InChI=1S/C14H15F4NO3/c15-10-3-1-2-8(12(10)14(16,17)18)6-19-5-4-9(13(21)22)11(20)7-19/h1-3,9,11,20H,4-7H2,(H,21,22)/t9-,11+/m0/s1. The highest BCUT2D eigenvalue weighted by molar-refractivity contribution is 5.70. The maximum Gasteiger partial charge on any atom is 0.419 e. The minimum absolute atomic E-state index is 0.0647. The molecule has 2 atom stereocenters. The molecule has 0 aliphatic carbocycles. The highest BCUT2D eigenvalue weighted by Gasteiger charge is 2.38. The number of aliphatic carboxylic acids is 1. The summed E-state index contributed by atoms with van der Waals surface area (Å²) in [5.41, 5.74) is -1.54. The smallest absolute Gasteiger partial charge is 0.419 e. The van der Waals surface area contributed by atoms with Crippen LogP contribution < -0.4 is 0 Å². The van der Waals surface area contributed by atoms with Crippen LogP contribution in [-0.2, 0) is 17.5 Å². The first-order chi connectivity index (χ1) is 10.2. The van der Waals surface area contributed by atoms with E-state index in [2.05, 4.69) is 0 Å². The number of carboxylic acid groups (broad SMARTS) is 1. The van der Waals surface area contributed by atoms with Crippen molar-refractivity contribution < 1.29 is 32.6 Å². The summed E-state index contributed by atoms with van der Waals surface area (Å²) in [4.78, 5) is 12.4. The molecule has 1 aromatic carbocycles. The first-order valence-corrected chi connectivity index (χ1v) is 6.68. The number of piperidine rings is 1. The third-order valence-electron chi connectivity index (χ3n) is 3.76. The molecule has 1 fully saturated rings. The molecule has 0 radical (unpaired) electrons. The van der Waals surface area contributed by atoms with E-state index < -0.39 is 35.5 Å². The lowest BCUT2D eigenvalue weighted by molar-refractivity contribution is -0.148. The van der Waals surface area contributed by atoms with Crippen LogP contribution in [0.3, 0.4) is 0 Å². The molecule has 1 aromatic rings. The van der Waals surface area contributed by atoms with E-state index in [1.807, 2.05) is 0 Å². The number of β-amino-alcohol motifs (C(OH)–C–C–N with tert-alkyl or cyclic N) is 1. The number of aliphatic hydroxyl groups excluding tert-OH is 1. The summed E-state index contributed by atoms with van der Waals surface area (Å²) in [7, 11) is 0. The Kier molecular flexibility index (Phi) is 4.72. The van der Waals surface area contributed by atoms with Crippen molar-refractivity contribution in [3.63, 3.8) is 0 Å². The Balaban J connectivity index is 2.16. The molecule has 0 amide bonds. The van der Waals surface area contributed by atoms with Gasteiger partial charge < -0.3 is 10.2 Å². The predicted molar refractivity (Wildman–Crippen MR) is 68.4 cm³/mol. The van der Waals surface area contributed by atoms with Gasteiger partial charge in [-0.25, -0.2) is 4.39 Å². The molecule has 4 nitrogen and oxygen atoms in total. The van der Waals surface area contributed by atoms with Crippen LogP contribution in [0.25, 0.3) is 0 Å². The molecule has 22 heavy (non-hydrogen) atoms. The number of rotatable bonds is 3. The number of carbonyl (C=O) groups is 1. The normalized spacial score (nSPS) is 23.5. The average Bonchev–Trinajstić information content (AvgIpc) is 2.36. The van der Waals surface area contributed by atoms with Gasteiger partial charge in [0.1, 0.15) is 5.82 Å². The quantitative estimate of drug-likeness (QED) is 0.837. The van der Waals surface area contributed by atoms with Crippen LogP contribution in [0.1, 0.15) is 17.5 Å². The SMILES string of the molecule is O=C(O)[C@H]1CCN(Cc2cccc(F)c2C(F)(F)F)C[C@H]1O. The Hall–Kier alpha value is -1.67. The monoisotopic (exact) mass is 321 g/mol. The van der Waals surface area contributed by atoms with Crippen LogP contribution in [0.5, 0.6) is 0 Å². The largest absolute Gasteiger partial charge is 0.481 e. The number of likely N-dealkylation sites (tertiary alicyclic amines) is 1. The molecular weight excluding hydrogens is 306 g/mol. The lowest BCUT2D eigenvalue weighted by Crippen LogP contribution is -2.46. The maximum atomic E-state index is 13.5. The summed E-state index contributed by atoms with van der Waals surface area (Å²) < 4.78 is 52.2. The van der Waals surface area contributed by atoms with Crippen LogP contribution in [0.15, 0.2) is 18.2 Å². The second-order valence-electron chi connectivity index (χ2n) is 5.31. The molecule has 0 unspecified atom stereocenters. The van der Waals surface area contributed by atoms with Crippen LogP contribution in [0, 0.1) is 11.7 Å². The Morgan fingerprint density at radius 1 is 1.36 bits per heavy atom. The van der Waals surface area contributed by atoms with Crippen LogP contribution in [0.2, 0.25) is 0 Å². The molecule has 1 saturated heterocycles. The summed E-state index contributed by atoms with van der Waals surface area (Å²) in [5.74, 6) is -3.40. The number of aliphatic hydroxyl groups is 1. The minimum atomic E-state index is -4.81. The van der Waals surface area contributed by atoms with Crippen molar-refractivity contribution in [1.82, 2.24) is 4.90 Å². The molecule has 0 bridgehead atoms. The summed E-state index contributed by atoms with van der Waals surface area (Å²) in [6.07, 6.45) is -5.83. The molecule has 1 aliphatic heterocycles. The molecule has 2 rings (SSSR count). The molecular formula is C14H15F4NO3. The van der Waals surface area contributed by atoms with E-state index in [4.69, 9.17) is 5.11 Å². The predicted octanol–water partition coefficient (Wildman–Crippen LogP) is 2.11. The number of alkyl halides is 3. The highest BCUT2D eigenvalue weighted by Crippen LogP contribution is 2.35. The molecule has 1 heterocycles. The van der Waals surface area contributed by atoms with E-state index >= 15 is 0 Å². The number of halogens is 4. The van der Waals surface area contributed by atoms with Gasteiger partial charge in [0.25, 0.3) is 0 Å². The first kappa shape index (κ1) is 16.7. The highest BCUT2D eigenvalue weighted by atomic mass is 19.4. The van der Waals surface area contributed by atoms with E-state index in [1.165, 1.54) is 17.0 Å². The van der Waals surface area contributed by atoms with E-state index in [0.717, 1.165) is 6.07 Å². The van der Waals surface area contributed by atoms with Crippen molar-refractivity contribution in [2.24, 2.45) is 5.92 Å². The van der Waals surface area contributed by atoms with Crippen molar-refractivity contribution in [1.29, 1.82) is 0 Å². The van der Waals surface area contributed by atoms with Crippen LogP contribution in [-0.4, -0.2) is 40.3 Å². The second kappa shape index (κ2) is 6.21. The van der Waals surface area contributed by atoms with Gasteiger partial charge in [0.15, 0.2) is 0 Å². The Labute approximate surface area is 124 Å². The molecule has 0 saturated carbocycles. The van der Waals surface area contributed by atoms with Crippen LogP contribution in [0.4, 0.5) is 17.6 Å². The Morgan fingerprint density at radius 3 is 2.59 bits per heavy atom. The van der Waals surface area contributed by atoms with E-state index in [-0.39, 0.29) is 31.6 Å². The Bertz CT molecular complexity index is 562. The molecule has 2 N–H and O–H groups in total. The lowest BCUT2D eigenvalue weighted by atomic mass is 9.93. The van der Waals surface area contributed by atoms with E-state index in [1.54, 1.807) is 0 Å². The lowest BCUT2D eigenvalue weighted by Gasteiger charge is -2.34. The summed E-state index contributed by atoms with van der Waals surface area (Å²) >= 11 is 0. The zero-order valence-corrected chi connectivity index (χ0v) is 11.5. The third-order valence-corrected chi connectivity index (χ3v) is 3.76. The fourth-order valence-corrected chi connectivity index (χ4v) is 2.69. The first-order valence-electron chi connectivity index (χ1n) is 6.68. The fraction of sp³-hybridized carbons (Fsp3) is 0.500.